The molecule has 0 spiro atoms. The largest absolute Gasteiger partial charge is 1.00 e. The van der Waals surface area contributed by atoms with Gasteiger partial charge >= 0.3 is 171 Å². The molecule has 0 aliphatic heterocycles. The fraction of sp³-hybridized carbons (Fsp3) is 0.417. The van der Waals surface area contributed by atoms with Gasteiger partial charge in [-0.2, -0.15) is 0 Å². The smallest absolute Gasteiger partial charge is 1.00 e. The molecule has 0 saturated heterocycles. The Bertz CT molecular complexity index is 943. The van der Waals surface area contributed by atoms with Crippen LogP contribution in [0.4, 0.5) is 0 Å². The molecule has 0 amide bonds. The molecule has 2 aromatic rings. The number of aromatic nitrogens is 1. The van der Waals surface area contributed by atoms with Crippen molar-refractivity contribution >= 4 is 14.3 Å². The molecule has 1 aromatic heterocycles. The summed E-state index contributed by atoms with van der Waals surface area (Å²) in [7, 11) is 0. The molecule has 150 valence electrons. The second-order valence-corrected chi connectivity index (χ2v) is 12.7. The van der Waals surface area contributed by atoms with Gasteiger partial charge in [-0.05, 0) is 0 Å². The quantitative estimate of drug-likeness (QED) is 0.616. The van der Waals surface area contributed by atoms with E-state index >= 15 is 0 Å². The van der Waals surface area contributed by atoms with Crippen LogP contribution in [0, 0.1) is 0 Å². The third-order valence-corrected chi connectivity index (χ3v) is 8.27. The predicted molar refractivity (Wildman–Crippen MR) is 111 cm³/mol. The van der Waals surface area contributed by atoms with Crippen LogP contribution in [0.3, 0.4) is 0 Å². The first-order valence-electron chi connectivity index (χ1n) is 9.49. The van der Waals surface area contributed by atoms with E-state index in [-0.39, 0.29) is 35.6 Å². The number of hydrogen-bond donors (Lipinski definition) is 1. The van der Waals surface area contributed by atoms with Gasteiger partial charge in [0, 0.05) is 0 Å². The van der Waals surface area contributed by atoms with E-state index in [0.29, 0.717) is 0 Å². The summed E-state index contributed by atoms with van der Waals surface area (Å²) in [6, 6.07) is 6.78. The van der Waals surface area contributed by atoms with E-state index in [1.165, 1.54) is 31.0 Å². The van der Waals surface area contributed by atoms with Crippen molar-refractivity contribution in [2.45, 2.75) is 66.2 Å². The minimum absolute atomic E-state index is 0. The summed E-state index contributed by atoms with van der Waals surface area (Å²) in [4.78, 5) is 3.85. The SMILES string of the molecule is CC(C)=C1C=CC=[C]1[Zr+2][c]1[nH]c2cccc(C(C)(C)C)c2c1C(C)(C)C.[Cl-].[Cl-]. The van der Waals surface area contributed by atoms with Gasteiger partial charge in [0.15, 0.2) is 0 Å². The molecule has 1 heterocycles. The third-order valence-electron chi connectivity index (χ3n) is 5.00. The molecule has 1 aromatic carbocycles. The summed E-state index contributed by atoms with van der Waals surface area (Å²) in [5.74, 6) is 0. The molecular weight excluding hydrogens is 464 g/mol. The molecule has 0 radical (unpaired) electrons. The molecule has 0 atom stereocenters. The average molecular weight is 496 g/mol. The Kier molecular flexibility index (Phi) is 8.25. The topological polar surface area (TPSA) is 15.8 Å². The number of rotatable bonds is 2. The molecule has 1 nitrogen and oxygen atoms in total. The normalized spacial score (nSPS) is 13.7. The summed E-state index contributed by atoms with van der Waals surface area (Å²) >= 11 is -0.909. The molecule has 0 fully saturated rings. The van der Waals surface area contributed by atoms with E-state index in [4.69, 9.17) is 0 Å². The Morgan fingerprint density at radius 2 is 1.57 bits per heavy atom. The molecule has 1 aliphatic carbocycles. The zero-order valence-electron chi connectivity index (χ0n) is 18.2. The van der Waals surface area contributed by atoms with Crippen molar-refractivity contribution in [3.63, 3.8) is 0 Å². The second-order valence-electron chi connectivity index (χ2n) is 9.58. The van der Waals surface area contributed by atoms with Crippen molar-refractivity contribution in [3.05, 3.63) is 62.0 Å². The fourth-order valence-corrected chi connectivity index (χ4v) is 8.09. The Hall–Kier alpha value is -0.557. The van der Waals surface area contributed by atoms with Crippen LogP contribution in [0.5, 0.6) is 0 Å². The van der Waals surface area contributed by atoms with Crippen molar-refractivity contribution in [2.75, 3.05) is 0 Å². The molecule has 0 bridgehead atoms. The van der Waals surface area contributed by atoms with Crippen LogP contribution in [0.1, 0.15) is 66.5 Å². The van der Waals surface area contributed by atoms with Gasteiger partial charge < -0.3 is 24.8 Å². The van der Waals surface area contributed by atoms with Gasteiger partial charge in [-0.15, -0.1) is 0 Å². The van der Waals surface area contributed by atoms with Crippen molar-refractivity contribution < 1.29 is 48.0 Å². The molecule has 0 unspecified atom stereocenters. The summed E-state index contributed by atoms with van der Waals surface area (Å²) in [5.41, 5.74) is 7.48. The summed E-state index contributed by atoms with van der Waals surface area (Å²) in [5, 5.41) is 1.47. The predicted octanol–water partition coefficient (Wildman–Crippen LogP) is 0.269. The summed E-state index contributed by atoms with van der Waals surface area (Å²) in [6.45, 7) is 18.5. The minimum Gasteiger partial charge on any atom is -1.00 e. The van der Waals surface area contributed by atoms with Crippen LogP contribution in [0.25, 0.3) is 10.9 Å². The first-order valence-corrected chi connectivity index (χ1v) is 11.9. The number of nitrogens with one attached hydrogen (secondary N) is 1. The first kappa shape index (κ1) is 25.5. The minimum atomic E-state index is -0.909. The Morgan fingerprint density at radius 3 is 2.11 bits per heavy atom. The first-order chi connectivity index (χ1) is 12.0. The van der Waals surface area contributed by atoms with Crippen LogP contribution in [-0.2, 0) is 34.1 Å². The number of aromatic amines is 1. The van der Waals surface area contributed by atoms with Crippen molar-refractivity contribution in [1.29, 1.82) is 0 Å². The van der Waals surface area contributed by atoms with E-state index in [0.717, 1.165) is 0 Å². The number of allylic oxidation sites excluding steroid dienone is 6. The monoisotopic (exact) mass is 493 g/mol. The van der Waals surface area contributed by atoms with Crippen LogP contribution in [0.2, 0.25) is 0 Å². The zero-order chi connectivity index (χ0) is 19.3. The van der Waals surface area contributed by atoms with Gasteiger partial charge in [0.2, 0.25) is 0 Å². The standard InChI is InChI=1S/C16H22N.C8H9.2ClH.Zr/c1-15(2,3)11-8-7-9-13-14(11)12(10-17-13)16(4,5)6;1-7(2)8-5-3-4-6-8;;;/h7-9,17H,1-6H3;3-5H,1-2H3;2*1H;/q;;;;+2/p-2. The van der Waals surface area contributed by atoms with Crippen LogP contribution in [-0.4, -0.2) is 4.98 Å². The fourth-order valence-electron chi connectivity index (χ4n) is 3.82. The maximum atomic E-state index is 3.85. The van der Waals surface area contributed by atoms with Gasteiger partial charge in [-0.3, -0.25) is 0 Å². The molecular formula is C24H31Cl2NZr. The van der Waals surface area contributed by atoms with Gasteiger partial charge in [0.1, 0.15) is 0 Å². The van der Waals surface area contributed by atoms with E-state index in [2.05, 4.69) is 96.8 Å². The van der Waals surface area contributed by atoms with E-state index in [1.807, 2.05) is 0 Å². The number of H-pyrrole nitrogens is 1. The Balaban J connectivity index is 0.00000196. The number of benzene rings is 1. The van der Waals surface area contributed by atoms with Crippen LogP contribution < -0.4 is 28.2 Å². The molecule has 1 aliphatic rings. The molecule has 28 heavy (non-hydrogen) atoms. The molecule has 0 saturated carbocycles. The molecule has 4 heteroatoms. The maximum absolute atomic E-state index is 3.85. The van der Waals surface area contributed by atoms with Crippen LogP contribution >= 0.6 is 0 Å². The van der Waals surface area contributed by atoms with E-state index in [9.17, 15) is 0 Å². The number of halogens is 2. The zero-order valence-corrected chi connectivity index (χ0v) is 22.2. The van der Waals surface area contributed by atoms with Gasteiger partial charge in [0.05, 0.1) is 0 Å². The van der Waals surface area contributed by atoms with Gasteiger partial charge in [-0.1, -0.05) is 0 Å². The summed E-state index contributed by atoms with van der Waals surface area (Å²) < 4.78 is 3.12. The van der Waals surface area contributed by atoms with Gasteiger partial charge in [0.25, 0.3) is 0 Å². The third kappa shape index (κ3) is 4.95. The number of hydrogen-bond acceptors (Lipinski definition) is 0. The summed E-state index contributed by atoms with van der Waals surface area (Å²) in [6.07, 6.45) is 6.85. The number of fused-ring (bicyclic) bond motifs is 1. The average Bonchev–Trinajstić information content (AvgIpc) is 3.08. The van der Waals surface area contributed by atoms with Crippen molar-refractivity contribution in [2.24, 2.45) is 0 Å². The Morgan fingerprint density at radius 1 is 0.929 bits per heavy atom. The molecule has 1 N–H and O–H groups in total. The molecule has 3 rings (SSSR count). The van der Waals surface area contributed by atoms with E-state index < -0.39 is 23.2 Å². The van der Waals surface area contributed by atoms with Gasteiger partial charge in [-0.25, -0.2) is 0 Å². The van der Waals surface area contributed by atoms with Crippen molar-refractivity contribution in [1.82, 2.24) is 4.98 Å². The second kappa shape index (κ2) is 9.07. The maximum Gasteiger partial charge on any atom is -1.00 e. The van der Waals surface area contributed by atoms with Crippen LogP contribution in [0.15, 0.2) is 50.9 Å². The van der Waals surface area contributed by atoms with E-state index in [1.54, 1.807) is 8.84 Å². The Labute approximate surface area is 194 Å². The van der Waals surface area contributed by atoms with Crippen molar-refractivity contribution in [3.8, 4) is 0 Å².